The zero-order valence-electron chi connectivity index (χ0n) is 17.4. The first-order valence-corrected chi connectivity index (χ1v) is 11.3. The molecule has 5 aromatic rings. The van der Waals surface area contributed by atoms with Gasteiger partial charge in [0.05, 0.1) is 18.1 Å². The molecule has 0 aliphatic heterocycles. The highest BCUT2D eigenvalue weighted by atomic mass is 127. The molecule has 0 bridgehead atoms. The van der Waals surface area contributed by atoms with Gasteiger partial charge in [0, 0.05) is 26.5 Å². The zero-order valence-corrected chi connectivity index (χ0v) is 19.6. The normalized spacial score (nSPS) is 11.2. The van der Waals surface area contributed by atoms with Crippen LogP contribution in [-0.2, 0) is 6.54 Å². The molecule has 1 aromatic heterocycles. The van der Waals surface area contributed by atoms with E-state index in [1.54, 1.807) is 13.2 Å². The van der Waals surface area contributed by atoms with Gasteiger partial charge in [0.2, 0.25) is 5.91 Å². The third-order valence-electron chi connectivity index (χ3n) is 5.74. The van der Waals surface area contributed by atoms with E-state index in [9.17, 15) is 4.79 Å². The Balaban J connectivity index is 1.75. The number of hydrogen-bond acceptors (Lipinski definition) is 2. The van der Waals surface area contributed by atoms with Crippen molar-refractivity contribution < 1.29 is 9.53 Å². The second-order valence-electron chi connectivity index (χ2n) is 7.65. The molecular formula is C27H20IN2O2. The van der Waals surface area contributed by atoms with Crippen molar-refractivity contribution in [1.82, 2.24) is 4.57 Å². The van der Waals surface area contributed by atoms with Crippen LogP contribution in [0.1, 0.15) is 15.9 Å². The maximum Gasteiger partial charge on any atom is 0.249 e. The Morgan fingerprint density at radius 3 is 2.44 bits per heavy atom. The van der Waals surface area contributed by atoms with Crippen molar-refractivity contribution in [2.45, 2.75) is 6.54 Å². The van der Waals surface area contributed by atoms with Crippen LogP contribution in [0.15, 0.2) is 78.9 Å². The first-order valence-electron chi connectivity index (χ1n) is 10.2. The van der Waals surface area contributed by atoms with Crippen LogP contribution >= 0.6 is 22.6 Å². The molecule has 0 fully saturated rings. The molecule has 5 rings (SSSR count). The fourth-order valence-corrected chi connectivity index (χ4v) is 4.51. The van der Waals surface area contributed by atoms with E-state index in [-0.39, 0.29) is 0 Å². The highest BCUT2D eigenvalue weighted by Gasteiger charge is 2.17. The Hall–Kier alpha value is -3.32. The minimum absolute atomic E-state index is 0.434. The summed E-state index contributed by atoms with van der Waals surface area (Å²) in [5.74, 6) is 0.384. The molecule has 1 radical (unpaired) electrons. The fourth-order valence-electron chi connectivity index (χ4n) is 4.15. The number of halogens is 1. The number of aromatic nitrogens is 1. The standard InChI is InChI=1S/C27H20IN2O2/c1-32-21-12-7-18(8-13-21)19-9-14-22-25(15-19)30(16-17-5-10-20(28)11-6-17)24-4-2-3-23(26(22)24)27(29)31/h2-13,15H,16H2,1H3,(H2,29,31). The second kappa shape index (κ2) is 8.31. The van der Waals surface area contributed by atoms with Crippen LogP contribution in [0, 0.1) is 9.64 Å². The van der Waals surface area contributed by atoms with Crippen LogP contribution in [-0.4, -0.2) is 17.6 Å². The predicted molar refractivity (Wildman–Crippen MR) is 137 cm³/mol. The van der Waals surface area contributed by atoms with E-state index >= 15 is 0 Å². The van der Waals surface area contributed by atoms with Crippen molar-refractivity contribution in [2.24, 2.45) is 5.73 Å². The summed E-state index contributed by atoms with van der Waals surface area (Å²) in [5, 5.41) is 1.75. The lowest BCUT2D eigenvalue weighted by Crippen LogP contribution is -2.11. The van der Waals surface area contributed by atoms with Crippen LogP contribution in [0.4, 0.5) is 0 Å². The van der Waals surface area contributed by atoms with E-state index in [0.29, 0.717) is 12.1 Å². The van der Waals surface area contributed by atoms with Crippen LogP contribution < -0.4 is 10.5 Å². The van der Waals surface area contributed by atoms with E-state index in [0.717, 1.165) is 38.7 Å². The molecule has 2 N–H and O–H groups in total. The van der Waals surface area contributed by atoms with Gasteiger partial charge in [-0.05, 0) is 93.9 Å². The molecule has 0 aliphatic rings. The molecular weight excluding hydrogens is 511 g/mol. The van der Waals surface area contributed by atoms with Gasteiger partial charge in [-0.15, -0.1) is 0 Å². The van der Waals surface area contributed by atoms with Crippen molar-refractivity contribution in [3.8, 4) is 16.9 Å². The molecule has 4 aromatic carbocycles. The number of methoxy groups -OCH3 is 1. The van der Waals surface area contributed by atoms with Gasteiger partial charge < -0.3 is 15.0 Å². The molecule has 5 heteroatoms. The Labute approximate surface area is 199 Å². The van der Waals surface area contributed by atoms with Gasteiger partial charge in [0.1, 0.15) is 5.75 Å². The second-order valence-corrected chi connectivity index (χ2v) is 8.90. The summed E-state index contributed by atoms with van der Waals surface area (Å²) in [7, 11) is 1.66. The van der Waals surface area contributed by atoms with Crippen molar-refractivity contribution in [2.75, 3.05) is 7.11 Å². The molecule has 0 saturated carbocycles. The Morgan fingerprint density at radius 2 is 1.75 bits per heavy atom. The first-order chi connectivity index (χ1) is 15.5. The average Bonchev–Trinajstić information content (AvgIpc) is 3.13. The molecule has 157 valence electrons. The zero-order chi connectivity index (χ0) is 22.2. The van der Waals surface area contributed by atoms with Crippen molar-refractivity contribution in [3.63, 3.8) is 0 Å². The van der Waals surface area contributed by atoms with Crippen LogP contribution in [0.3, 0.4) is 0 Å². The fraction of sp³-hybridized carbons (Fsp3) is 0.0741. The lowest BCUT2D eigenvalue weighted by Gasteiger charge is -2.10. The van der Waals surface area contributed by atoms with Gasteiger partial charge in [-0.2, -0.15) is 0 Å². The summed E-state index contributed by atoms with van der Waals surface area (Å²) in [6, 6.07) is 29.7. The molecule has 0 saturated heterocycles. The quantitative estimate of drug-likeness (QED) is 0.282. The molecule has 0 atom stereocenters. The molecule has 0 unspecified atom stereocenters. The third kappa shape index (κ3) is 3.62. The van der Waals surface area contributed by atoms with E-state index in [1.165, 1.54) is 9.13 Å². The minimum Gasteiger partial charge on any atom is -0.497 e. The number of nitrogens with two attached hydrogens (primary N) is 1. The van der Waals surface area contributed by atoms with Crippen LogP contribution in [0.2, 0.25) is 0 Å². The van der Waals surface area contributed by atoms with Crippen LogP contribution in [0.5, 0.6) is 5.75 Å². The monoisotopic (exact) mass is 531 g/mol. The SMILES string of the molecule is COc1ccc(-c2c[c]c3c4c(C(N)=O)cccc4n(Cc4ccc(I)cc4)c3c2)cc1. The summed E-state index contributed by atoms with van der Waals surface area (Å²) in [4.78, 5) is 12.2. The summed E-state index contributed by atoms with van der Waals surface area (Å²) < 4.78 is 8.72. The number of carbonyl (C=O) groups is 1. The number of nitrogens with zero attached hydrogens (tertiary/aromatic N) is 1. The smallest absolute Gasteiger partial charge is 0.249 e. The van der Waals surface area contributed by atoms with E-state index in [2.05, 4.69) is 63.6 Å². The number of carbonyl (C=O) groups excluding carboxylic acids is 1. The maximum atomic E-state index is 12.2. The summed E-state index contributed by atoms with van der Waals surface area (Å²) in [6.07, 6.45) is 0. The van der Waals surface area contributed by atoms with Gasteiger partial charge in [0.25, 0.3) is 0 Å². The molecule has 32 heavy (non-hydrogen) atoms. The summed E-state index contributed by atoms with van der Waals surface area (Å²) >= 11 is 2.31. The highest BCUT2D eigenvalue weighted by molar-refractivity contribution is 14.1. The molecule has 1 heterocycles. The Bertz CT molecular complexity index is 1450. The lowest BCUT2D eigenvalue weighted by atomic mass is 10.0. The van der Waals surface area contributed by atoms with E-state index in [1.807, 2.05) is 42.5 Å². The lowest BCUT2D eigenvalue weighted by molar-refractivity contribution is 0.100. The Kier molecular flexibility index (Phi) is 5.35. The molecule has 0 aliphatic carbocycles. The van der Waals surface area contributed by atoms with Crippen molar-refractivity contribution in [1.29, 1.82) is 0 Å². The van der Waals surface area contributed by atoms with E-state index < -0.39 is 5.91 Å². The topological polar surface area (TPSA) is 57.2 Å². The predicted octanol–water partition coefficient (Wildman–Crippen LogP) is 6.02. The van der Waals surface area contributed by atoms with Crippen molar-refractivity contribution >= 4 is 50.3 Å². The number of ether oxygens (including phenoxy) is 1. The average molecular weight is 531 g/mol. The molecule has 1 amide bonds. The van der Waals surface area contributed by atoms with Crippen molar-refractivity contribution in [3.05, 3.63) is 99.6 Å². The van der Waals surface area contributed by atoms with Gasteiger partial charge in [0.15, 0.2) is 0 Å². The van der Waals surface area contributed by atoms with E-state index in [4.69, 9.17) is 10.5 Å². The largest absolute Gasteiger partial charge is 0.497 e. The maximum absolute atomic E-state index is 12.2. The molecule has 0 spiro atoms. The summed E-state index contributed by atoms with van der Waals surface area (Å²) in [5.41, 5.74) is 11.5. The first kappa shape index (κ1) is 20.6. The van der Waals surface area contributed by atoms with Gasteiger partial charge in [-0.25, -0.2) is 0 Å². The number of fused-ring (bicyclic) bond motifs is 3. The molecule has 4 nitrogen and oxygen atoms in total. The van der Waals surface area contributed by atoms with Gasteiger partial charge in [-0.3, -0.25) is 4.79 Å². The third-order valence-corrected chi connectivity index (χ3v) is 6.46. The summed E-state index contributed by atoms with van der Waals surface area (Å²) in [6.45, 7) is 0.680. The number of amides is 1. The number of primary amides is 1. The number of hydrogen-bond donors (Lipinski definition) is 1. The highest BCUT2D eigenvalue weighted by Crippen LogP contribution is 2.35. The number of benzene rings is 4. The minimum atomic E-state index is -0.434. The van der Waals surface area contributed by atoms with Gasteiger partial charge >= 0.3 is 0 Å². The van der Waals surface area contributed by atoms with Gasteiger partial charge in [-0.1, -0.05) is 30.3 Å². The van der Waals surface area contributed by atoms with Crippen LogP contribution in [0.25, 0.3) is 32.9 Å². The number of rotatable bonds is 5. The Morgan fingerprint density at radius 1 is 1.00 bits per heavy atom.